The topological polar surface area (TPSA) is 138 Å². The molecule has 1 aromatic carbocycles. The standard InChI is InChI=1S/C18H21NO8S/c1-18(2,3)27-17(22)14(15(20)10-5-6-10)16(21)12-8-7-11(28(4,25)26)9-13(12)19(23)24/h7-10,14H,5-6H2,1-4H3. The Hall–Kier alpha value is -2.62. The molecule has 0 saturated heterocycles. The van der Waals surface area contributed by atoms with Crippen LogP contribution in [0.15, 0.2) is 23.1 Å². The molecule has 1 unspecified atom stereocenters. The first-order valence-electron chi connectivity index (χ1n) is 8.51. The third-order valence-corrected chi connectivity index (χ3v) is 5.14. The second-order valence-corrected chi connectivity index (χ2v) is 9.73. The molecule has 0 bridgehead atoms. The Morgan fingerprint density at radius 2 is 1.79 bits per heavy atom. The number of nitro benzene ring substituents is 1. The summed E-state index contributed by atoms with van der Waals surface area (Å²) >= 11 is 0. The second-order valence-electron chi connectivity index (χ2n) is 7.72. The molecule has 1 aromatic rings. The number of rotatable bonds is 7. The molecule has 10 heteroatoms. The van der Waals surface area contributed by atoms with E-state index in [1.54, 1.807) is 20.8 Å². The third kappa shape index (κ3) is 5.00. The lowest BCUT2D eigenvalue weighted by molar-refractivity contribution is -0.385. The van der Waals surface area contributed by atoms with E-state index in [0.717, 1.165) is 24.5 Å². The van der Waals surface area contributed by atoms with Crippen LogP contribution in [0.3, 0.4) is 0 Å². The molecule has 2 rings (SSSR count). The maximum absolute atomic E-state index is 13.0. The van der Waals surface area contributed by atoms with Gasteiger partial charge in [-0.1, -0.05) is 0 Å². The minimum atomic E-state index is -3.76. The molecule has 0 spiro atoms. The van der Waals surface area contributed by atoms with E-state index in [-0.39, 0.29) is 4.90 Å². The summed E-state index contributed by atoms with van der Waals surface area (Å²) in [4.78, 5) is 48.2. The van der Waals surface area contributed by atoms with Crippen molar-refractivity contribution in [1.82, 2.24) is 0 Å². The molecule has 0 heterocycles. The fraction of sp³-hybridized carbons (Fsp3) is 0.500. The van der Waals surface area contributed by atoms with Crippen LogP contribution >= 0.6 is 0 Å². The normalized spacial score (nSPS) is 15.6. The number of carbonyl (C=O) groups excluding carboxylic acids is 3. The van der Waals surface area contributed by atoms with Gasteiger partial charge < -0.3 is 4.74 Å². The molecule has 1 fully saturated rings. The maximum atomic E-state index is 13.0. The molecule has 1 atom stereocenters. The Balaban J connectivity index is 2.53. The number of hydrogen-bond donors (Lipinski definition) is 0. The molecule has 1 saturated carbocycles. The van der Waals surface area contributed by atoms with E-state index in [4.69, 9.17) is 4.74 Å². The monoisotopic (exact) mass is 411 g/mol. The molecule has 0 aliphatic heterocycles. The van der Waals surface area contributed by atoms with Gasteiger partial charge >= 0.3 is 5.97 Å². The number of Topliss-reactive ketones (excluding diaryl/α,β-unsaturated/α-hetero) is 2. The first-order valence-corrected chi connectivity index (χ1v) is 10.4. The molecule has 0 N–H and O–H groups in total. The van der Waals surface area contributed by atoms with Gasteiger partial charge in [0.25, 0.3) is 5.69 Å². The van der Waals surface area contributed by atoms with E-state index in [2.05, 4.69) is 0 Å². The average Bonchev–Trinajstić information content (AvgIpc) is 3.36. The van der Waals surface area contributed by atoms with Crippen LogP contribution in [0, 0.1) is 22.0 Å². The van der Waals surface area contributed by atoms with E-state index >= 15 is 0 Å². The van der Waals surface area contributed by atoms with Crippen LogP contribution in [0.2, 0.25) is 0 Å². The maximum Gasteiger partial charge on any atom is 0.325 e. The average molecular weight is 411 g/mol. The fourth-order valence-corrected chi connectivity index (χ4v) is 3.21. The third-order valence-electron chi connectivity index (χ3n) is 4.03. The predicted molar refractivity (Wildman–Crippen MR) is 97.6 cm³/mol. The summed E-state index contributed by atoms with van der Waals surface area (Å²) in [5, 5.41) is 11.4. The Morgan fingerprint density at radius 3 is 2.21 bits per heavy atom. The van der Waals surface area contributed by atoms with Gasteiger partial charge in [-0.15, -0.1) is 0 Å². The number of benzene rings is 1. The van der Waals surface area contributed by atoms with Crippen molar-refractivity contribution in [3.8, 4) is 0 Å². The first kappa shape index (κ1) is 21.7. The second kappa shape index (κ2) is 7.42. The number of ether oxygens (including phenoxy) is 1. The quantitative estimate of drug-likeness (QED) is 0.219. The highest BCUT2D eigenvalue weighted by atomic mass is 32.2. The van der Waals surface area contributed by atoms with Crippen LogP contribution in [0.1, 0.15) is 44.0 Å². The van der Waals surface area contributed by atoms with Crippen molar-refractivity contribution >= 4 is 33.1 Å². The van der Waals surface area contributed by atoms with Crippen LogP contribution < -0.4 is 0 Å². The van der Waals surface area contributed by atoms with Crippen LogP contribution in [0.5, 0.6) is 0 Å². The molecule has 1 aliphatic rings. The van der Waals surface area contributed by atoms with Gasteiger partial charge in [0.1, 0.15) is 5.60 Å². The molecule has 0 amide bonds. The van der Waals surface area contributed by atoms with Crippen LogP contribution in [0.25, 0.3) is 0 Å². The summed E-state index contributed by atoms with van der Waals surface area (Å²) in [6.45, 7) is 4.70. The van der Waals surface area contributed by atoms with E-state index < -0.39 is 61.0 Å². The van der Waals surface area contributed by atoms with Crippen molar-refractivity contribution in [2.24, 2.45) is 11.8 Å². The van der Waals surface area contributed by atoms with Gasteiger partial charge in [-0.25, -0.2) is 8.42 Å². The summed E-state index contributed by atoms with van der Waals surface area (Å²) in [5.74, 6) is -5.07. The number of hydrogen-bond acceptors (Lipinski definition) is 8. The SMILES string of the molecule is CC(C)(C)OC(=O)C(C(=O)c1ccc(S(C)(=O)=O)cc1[N+](=O)[O-])C(=O)C1CC1. The fourth-order valence-electron chi connectivity index (χ4n) is 2.57. The zero-order chi connectivity index (χ0) is 21.4. The lowest BCUT2D eigenvalue weighted by atomic mass is 9.90. The van der Waals surface area contributed by atoms with Crippen molar-refractivity contribution in [3.63, 3.8) is 0 Å². The number of esters is 1. The van der Waals surface area contributed by atoms with Crippen molar-refractivity contribution in [2.45, 2.75) is 44.1 Å². The molecule has 152 valence electrons. The molecule has 1 aliphatic carbocycles. The smallest absolute Gasteiger partial charge is 0.325 e. The van der Waals surface area contributed by atoms with Crippen LogP contribution in [0.4, 0.5) is 5.69 Å². The molecule has 9 nitrogen and oxygen atoms in total. The summed E-state index contributed by atoms with van der Waals surface area (Å²) in [6.07, 6.45) is 1.93. The molecule has 0 aromatic heterocycles. The summed E-state index contributed by atoms with van der Waals surface area (Å²) in [6, 6.07) is 2.73. The highest BCUT2D eigenvalue weighted by molar-refractivity contribution is 7.90. The van der Waals surface area contributed by atoms with E-state index in [1.165, 1.54) is 0 Å². The van der Waals surface area contributed by atoms with Crippen LogP contribution in [-0.4, -0.2) is 42.7 Å². The summed E-state index contributed by atoms with van der Waals surface area (Å²) in [7, 11) is -3.76. The number of ketones is 2. The highest BCUT2D eigenvalue weighted by Gasteiger charge is 2.46. The van der Waals surface area contributed by atoms with E-state index in [1.807, 2.05) is 0 Å². The molecular weight excluding hydrogens is 390 g/mol. The Bertz CT molecular complexity index is 954. The van der Waals surface area contributed by atoms with Gasteiger partial charge in [0.15, 0.2) is 27.3 Å². The lowest BCUT2D eigenvalue weighted by Gasteiger charge is -2.23. The lowest BCUT2D eigenvalue weighted by Crippen LogP contribution is -2.38. The van der Waals surface area contributed by atoms with Gasteiger partial charge in [-0.2, -0.15) is 0 Å². The summed E-state index contributed by atoms with van der Waals surface area (Å²) < 4.78 is 28.5. The van der Waals surface area contributed by atoms with Crippen molar-refractivity contribution in [2.75, 3.05) is 6.26 Å². The minimum Gasteiger partial charge on any atom is -0.459 e. The van der Waals surface area contributed by atoms with E-state index in [9.17, 15) is 32.9 Å². The summed E-state index contributed by atoms with van der Waals surface area (Å²) in [5.41, 5.74) is -2.27. The number of nitro groups is 1. The van der Waals surface area contributed by atoms with Crippen molar-refractivity contribution in [3.05, 3.63) is 33.9 Å². The Morgan fingerprint density at radius 1 is 1.21 bits per heavy atom. The molecule has 28 heavy (non-hydrogen) atoms. The van der Waals surface area contributed by atoms with Gasteiger partial charge in [0, 0.05) is 18.2 Å². The highest BCUT2D eigenvalue weighted by Crippen LogP contribution is 2.35. The van der Waals surface area contributed by atoms with Crippen molar-refractivity contribution in [1.29, 1.82) is 0 Å². The predicted octanol–water partition coefficient (Wildman–Crippen LogP) is 2.12. The number of carbonyl (C=O) groups is 3. The largest absolute Gasteiger partial charge is 0.459 e. The van der Waals surface area contributed by atoms with Gasteiger partial charge in [0.05, 0.1) is 15.4 Å². The molecular formula is C18H21NO8S. The Kier molecular flexibility index (Phi) is 5.74. The zero-order valence-electron chi connectivity index (χ0n) is 15.9. The van der Waals surface area contributed by atoms with E-state index in [0.29, 0.717) is 12.8 Å². The van der Waals surface area contributed by atoms with Crippen molar-refractivity contribution < 1.29 is 32.5 Å². The van der Waals surface area contributed by atoms with Gasteiger partial charge in [-0.05, 0) is 45.7 Å². The number of sulfone groups is 1. The minimum absolute atomic E-state index is 0.349. The number of nitrogens with zero attached hydrogens (tertiary/aromatic N) is 1. The zero-order valence-corrected chi connectivity index (χ0v) is 16.7. The Labute approximate surface area is 162 Å². The van der Waals surface area contributed by atoms with Crippen LogP contribution in [-0.2, 0) is 24.2 Å². The van der Waals surface area contributed by atoms with Gasteiger partial charge in [0.2, 0.25) is 0 Å². The first-order chi connectivity index (χ1) is 12.7. The molecule has 0 radical (unpaired) electrons. The van der Waals surface area contributed by atoms with Gasteiger partial charge in [-0.3, -0.25) is 24.5 Å².